The molecule has 4 heterocycles. The number of aliphatic hydroxyl groups excluding tert-OH is 1. The Morgan fingerprint density at radius 1 is 1.05 bits per heavy atom. The second-order valence-electron chi connectivity index (χ2n) is 10.9. The van der Waals surface area contributed by atoms with Crippen molar-refractivity contribution in [2.75, 3.05) is 41.8 Å². The SMILES string of the molecule is Cc1c(NC(=O)NC2CCC(O)CC2)cccc1N1C=C(Nc2ccc(C(=O)N3CCOCC3)cn2)c2nccn2C1. The highest BCUT2D eigenvalue weighted by Gasteiger charge is 2.24. The second kappa shape index (κ2) is 12.2. The van der Waals surface area contributed by atoms with Crippen molar-refractivity contribution in [1.29, 1.82) is 0 Å². The van der Waals surface area contributed by atoms with Crippen molar-refractivity contribution in [3.8, 4) is 0 Å². The van der Waals surface area contributed by atoms with Crippen molar-refractivity contribution in [1.82, 2.24) is 24.8 Å². The predicted molar refractivity (Wildman–Crippen MR) is 159 cm³/mol. The van der Waals surface area contributed by atoms with Gasteiger partial charge in [-0.15, -0.1) is 0 Å². The number of aliphatic hydroxyl groups is 1. The van der Waals surface area contributed by atoms with Crippen LogP contribution in [-0.2, 0) is 11.4 Å². The third kappa shape index (κ3) is 6.09. The molecule has 2 aromatic heterocycles. The summed E-state index contributed by atoms with van der Waals surface area (Å²) in [7, 11) is 0. The van der Waals surface area contributed by atoms with Crippen LogP contribution in [0.5, 0.6) is 0 Å². The van der Waals surface area contributed by atoms with E-state index in [-0.39, 0.29) is 24.1 Å². The Kier molecular flexibility index (Phi) is 8.06. The van der Waals surface area contributed by atoms with Crippen molar-refractivity contribution < 1.29 is 19.4 Å². The molecule has 3 aromatic rings. The van der Waals surface area contributed by atoms with E-state index in [9.17, 15) is 14.7 Å². The average molecular weight is 573 g/mol. The van der Waals surface area contributed by atoms with Crippen LogP contribution in [0.4, 0.5) is 22.0 Å². The number of anilines is 3. The minimum atomic E-state index is -0.266. The van der Waals surface area contributed by atoms with E-state index >= 15 is 0 Å². The molecule has 12 nitrogen and oxygen atoms in total. The van der Waals surface area contributed by atoms with Crippen molar-refractivity contribution >= 4 is 34.8 Å². The number of urea groups is 1. The number of fused-ring (bicyclic) bond motifs is 1. The molecule has 2 fully saturated rings. The van der Waals surface area contributed by atoms with E-state index < -0.39 is 0 Å². The lowest BCUT2D eigenvalue weighted by molar-refractivity contribution is 0.0302. The van der Waals surface area contributed by atoms with Gasteiger partial charge in [0.15, 0.2) is 5.82 Å². The first kappa shape index (κ1) is 27.7. The third-order valence-corrected chi connectivity index (χ3v) is 8.01. The van der Waals surface area contributed by atoms with Gasteiger partial charge in [0, 0.05) is 55.3 Å². The molecule has 1 aliphatic carbocycles. The maximum absolute atomic E-state index is 12.8. The van der Waals surface area contributed by atoms with Gasteiger partial charge in [-0.25, -0.2) is 14.8 Å². The molecule has 0 spiro atoms. The molecule has 0 bridgehead atoms. The molecule has 2 aliphatic heterocycles. The number of ether oxygens (including phenoxy) is 1. The van der Waals surface area contributed by atoms with E-state index in [0.29, 0.717) is 57.2 Å². The fourth-order valence-corrected chi connectivity index (χ4v) is 5.64. The molecule has 1 saturated carbocycles. The maximum Gasteiger partial charge on any atom is 0.319 e. The first-order valence-corrected chi connectivity index (χ1v) is 14.4. The van der Waals surface area contributed by atoms with E-state index in [4.69, 9.17) is 4.74 Å². The normalized spacial score (nSPS) is 20.4. The largest absolute Gasteiger partial charge is 0.393 e. The van der Waals surface area contributed by atoms with Gasteiger partial charge in [-0.3, -0.25) is 4.79 Å². The van der Waals surface area contributed by atoms with Crippen LogP contribution in [0.3, 0.4) is 0 Å². The maximum atomic E-state index is 12.8. The molecule has 220 valence electrons. The highest BCUT2D eigenvalue weighted by molar-refractivity contribution is 5.94. The minimum absolute atomic E-state index is 0.0499. The monoisotopic (exact) mass is 572 g/mol. The Hall–Kier alpha value is -4.42. The topological polar surface area (TPSA) is 137 Å². The Labute approximate surface area is 244 Å². The Morgan fingerprint density at radius 3 is 2.62 bits per heavy atom. The van der Waals surface area contributed by atoms with E-state index in [1.807, 2.05) is 42.1 Å². The first-order valence-electron chi connectivity index (χ1n) is 14.4. The number of pyridine rings is 1. The Morgan fingerprint density at radius 2 is 1.86 bits per heavy atom. The highest BCUT2D eigenvalue weighted by atomic mass is 16.5. The quantitative estimate of drug-likeness (QED) is 0.353. The highest BCUT2D eigenvalue weighted by Crippen LogP contribution is 2.32. The van der Waals surface area contributed by atoms with Crippen LogP contribution in [0.1, 0.15) is 47.4 Å². The molecule has 1 saturated heterocycles. The number of morpholine rings is 1. The molecule has 4 N–H and O–H groups in total. The molecule has 0 radical (unpaired) electrons. The predicted octanol–water partition coefficient (Wildman–Crippen LogP) is 3.37. The lowest BCUT2D eigenvalue weighted by Crippen LogP contribution is -2.41. The van der Waals surface area contributed by atoms with Crippen molar-refractivity contribution in [2.24, 2.45) is 0 Å². The van der Waals surface area contributed by atoms with Gasteiger partial charge in [-0.2, -0.15) is 0 Å². The summed E-state index contributed by atoms with van der Waals surface area (Å²) in [6.07, 6.45) is 9.95. The van der Waals surface area contributed by atoms with Crippen LogP contribution in [0.15, 0.2) is 55.1 Å². The van der Waals surface area contributed by atoms with Gasteiger partial charge in [0.2, 0.25) is 0 Å². The zero-order valence-electron chi connectivity index (χ0n) is 23.6. The van der Waals surface area contributed by atoms with E-state index in [1.54, 1.807) is 29.4 Å². The van der Waals surface area contributed by atoms with Crippen LogP contribution in [-0.4, -0.2) is 74.9 Å². The number of carbonyl (C=O) groups excluding carboxylic acids is 2. The van der Waals surface area contributed by atoms with Gasteiger partial charge in [0.1, 0.15) is 12.5 Å². The molecule has 0 atom stereocenters. The molecule has 3 aliphatic rings. The Balaban J connectivity index is 1.17. The number of hydrogen-bond acceptors (Lipinski definition) is 8. The number of hydrogen-bond donors (Lipinski definition) is 4. The van der Waals surface area contributed by atoms with E-state index in [0.717, 1.165) is 41.3 Å². The van der Waals surface area contributed by atoms with Crippen molar-refractivity contribution in [2.45, 2.75) is 51.4 Å². The molecular weight excluding hydrogens is 536 g/mol. The number of nitrogens with zero attached hydrogens (tertiary/aromatic N) is 5. The molecule has 6 rings (SSSR count). The van der Waals surface area contributed by atoms with Gasteiger partial charge in [0.25, 0.3) is 5.91 Å². The molecule has 3 amide bonds. The fraction of sp³-hybridized carbons (Fsp3) is 0.400. The van der Waals surface area contributed by atoms with Crippen LogP contribution in [0, 0.1) is 6.92 Å². The van der Waals surface area contributed by atoms with Crippen LogP contribution >= 0.6 is 0 Å². The number of nitrogens with one attached hydrogen (secondary N) is 3. The smallest absolute Gasteiger partial charge is 0.319 e. The molecule has 1 aromatic carbocycles. The van der Waals surface area contributed by atoms with Crippen molar-refractivity contribution in [3.63, 3.8) is 0 Å². The number of benzene rings is 1. The number of amides is 3. The van der Waals surface area contributed by atoms with Crippen LogP contribution in [0.25, 0.3) is 5.70 Å². The molecule has 0 unspecified atom stereocenters. The Bertz CT molecular complexity index is 1460. The summed E-state index contributed by atoms with van der Waals surface area (Å²) in [6, 6.07) is 9.22. The molecule has 12 heteroatoms. The summed E-state index contributed by atoms with van der Waals surface area (Å²) in [4.78, 5) is 38.5. The molecule has 42 heavy (non-hydrogen) atoms. The zero-order valence-corrected chi connectivity index (χ0v) is 23.6. The van der Waals surface area contributed by atoms with E-state index in [2.05, 4.69) is 30.8 Å². The van der Waals surface area contributed by atoms with Crippen LogP contribution in [0.2, 0.25) is 0 Å². The van der Waals surface area contributed by atoms with Crippen molar-refractivity contribution in [3.05, 3.63) is 72.1 Å². The standard InChI is InChI=1S/C30H36N8O4/c1-20-24(35-30(41)33-22-6-8-23(39)9-7-22)3-2-4-26(20)38-18-25(28-31-11-12-37(28)19-38)34-27-10-5-21(17-32-27)29(40)36-13-15-42-16-14-36/h2-5,10-12,17-18,22-23,39H,6-9,13-16,19H2,1H3,(H,32,34)(H2,33,35,41). The number of carbonyl (C=O) groups is 2. The summed E-state index contributed by atoms with van der Waals surface area (Å²) in [5.74, 6) is 1.31. The second-order valence-corrected chi connectivity index (χ2v) is 10.9. The fourth-order valence-electron chi connectivity index (χ4n) is 5.64. The van der Waals surface area contributed by atoms with Crippen LogP contribution < -0.4 is 20.9 Å². The number of rotatable bonds is 6. The van der Waals surface area contributed by atoms with Gasteiger partial charge in [-0.05, 0) is 62.4 Å². The summed E-state index contributed by atoms with van der Waals surface area (Å²) in [5.41, 5.74) is 3.87. The summed E-state index contributed by atoms with van der Waals surface area (Å²) in [5, 5.41) is 19.2. The third-order valence-electron chi connectivity index (χ3n) is 8.01. The minimum Gasteiger partial charge on any atom is -0.393 e. The van der Waals surface area contributed by atoms with Gasteiger partial charge in [-0.1, -0.05) is 6.07 Å². The lowest BCUT2D eigenvalue weighted by atomic mass is 9.93. The zero-order chi connectivity index (χ0) is 29.1. The summed E-state index contributed by atoms with van der Waals surface area (Å²) in [6.45, 7) is 4.79. The van der Waals surface area contributed by atoms with Gasteiger partial charge < -0.3 is 40.2 Å². The average Bonchev–Trinajstić information content (AvgIpc) is 3.49. The van der Waals surface area contributed by atoms with Gasteiger partial charge >= 0.3 is 6.03 Å². The number of imidazole rings is 1. The molecular formula is C30H36N8O4. The van der Waals surface area contributed by atoms with Gasteiger partial charge in [0.05, 0.1) is 30.6 Å². The van der Waals surface area contributed by atoms with E-state index in [1.165, 1.54) is 0 Å². The number of aromatic nitrogens is 3. The summed E-state index contributed by atoms with van der Waals surface area (Å²) < 4.78 is 7.38. The first-order chi connectivity index (χ1) is 20.4. The summed E-state index contributed by atoms with van der Waals surface area (Å²) >= 11 is 0. The lowest BCUT2D eigenvalue weighted by Gasteiger charge is -2.30.